The molecule has 27 heavy (non-hydrogen) atoms. The summed E-state index contributed by atoms with van der Waals surface area (Å²) in [6.45, 7) is 0. The lowest BCUT2D eigenvalue weighted by Gasteiger charge is -2.27. The summed E-state index contributed by atoms with van der Waals surface area (Å²) in [4.78, 5) is 38.1. The molecule has 1 saturated carbocycles. The molecule has 1 fully saturated rings. The molecule has 3 aliphatic rings. The Morgan fingerprint density at radius 2 is 1.81 bits per heavy atom. The van der Waals surface area contributed by atoms with Gasteiger partial charge in [-0.1, -0.05) is 18.6 Å². The largest absolute Gasteiger partial charge is 0.550 e. The molecule has 1 amide bonds. The van der Waals surface area contributed by atoms with Crippen LogP contribution in [0.1, 0.15) is 46.5 Å². The summed E-state index contributed by atoms with van der Waals surface area (Å²) in [5, 5.41) is 14.9. The second kappa shape index (κ2) is 7.11. The molecule has 1 N–H and O–H groups in total. The Morgan fingerprint density at radius 3 is 2.52 bits per heavy atom. The Morgan fingerprint density at radius 1 is 1.11 bits per heavy atom. The molecular weight excluding hydrogens is 366 g/mol. The molecular formula is C20H22NO5S-. The Hall–Kier alpha value is -2.15. The zero-order valence-electron chi connectivity index (χ0n) is 15.2. The van der Waals surface area contributed by atoms with Gasteiger partial charge in [-0.05, 0) is 49.5 Å². The summed E-state index contributed by atoms with van der Waals surface area (Å²) in [7, 11) is 1.33. The second-order valence-corrected chi connectivity index (χ2v) is 8.67. The number of aliphatic carboxylic acids is 1. The van der Waals surface area contributed by atoms with Crippen LogP contribution in [0.5, 0.6) is 0 Å². The van der Waals surface area contributed by atoms with Crippen LogP contribution in [0.15, 0.2) is 12.2 Å². The van der Waals surface area contributed by atoms with E-state index in [-0.39, 0.29) is 17.7 Å². The number of hydrogen-bond acceptors (Lipinski definition) is 6. The maximum Gasteiger partial charge on any atom is 0.341 e. The number of nitrogens with one attached hydrogen (secondary N) is 1. The summed E-state index contributed by atoms with van der Waals surface area (Å²) in [5.41, 5.74) is 1.42. The zero-order valence-corrected chi connectivity index (χ0v) is 16.0. The van der Waals surface area contributed by atoms with Gasteiger partial charge in [0.25, 0.3) is 0 Å². The predicted octanol–water partition coefficient (Wildman–Crippen LogP) is 1.93. The topological polar surface area (TPSA) is 95.5 Å². The standard InChI is InChI=1S/C20H23NO5S/c1-26-20(25)16-12-5-3-2-4-6-13(12)27-18(16)21-17(22)14-10-7-8-11(9-10)15(14)19(23)24/h7-8,10-11,14-15H,2-6,9H2,1H3,(H,21,22)(H,23,24)/p-1/t10-,11-,14-,15-/m0/s1. The number of aryl methyl sites for hydroxylation is 1. The fourth-order valence-corrected chi connectivity index (χ4v) is 6.13. The first-order valence-corrected chi connectivity index (χ1v) is 10.3. The van der Waals surface area contributed by atoms with Gasteiger partial charge in [0.05, 0.1) is 18.6 Å². The smallest absolute Gasteiger partial charge is 0.341 e. The lowest BCUT2D eigenvalue weighted by atomic mass is 9.82. The van der Waals surface area contributed by atoms with E-state index in [1.54, 1.807) is 0 Å². The first-order chi connectivity index (χ1) is 13.0. The minimum absolute atomic E-state index is 0.0859. The summed E-state index contributed by atoms with van der Waals surface area (Å²) in [6.07, 6.45) is 9.34. The fraction of sp³-hybridized carbons (Fsp3) is 0.550. The lowest BCUT2D eigenvalue weighted by molar-refractivity contribution is -0.313. The Kier molecular flexibility index (Phi) is 4.80. The average Bonchev–Trinajstić information content (AvgIpc) is 3.30. The van der Waals surface area contributed by atoms with Gasteiger partial charge in [0.2, 0.25) is 5.91 Å². The van der Waals surface area contributed by atoms with Gasteiger partial charge in [0.15, 0.2) is 0 Å². The highest BCUT2D eigenvalue weighted by Gasteiger charge is 2.49. The Labute approximate surface area is 161 Å². The van der Waals surface area contributed by atoms with Crippen molar-refractivity contribution in [3.8, 4) is 0 Å². The van der Waals surface area contributed by atoms with E-state index in [2.05, 4.69) is 5.32 Å². The second-order valence-electron chi connectivity index (χ2n) is 7.57. The Balaban J connectivity index is 1.64. The van der Waals surface area contributed by atoms with Gasteiger partial charge in [0.1, 0.15) is 5.00 Å². The molecule has 1 aromatic heterocycles. The number of fused-ring (bicyclic) bond motifs is 3. The zero-order chi connectivity index (χ0) is 19.1. The van der Waals surface area contributed by atoms with Crippen molar-refractivity contribution in [1.29, 1.82) is 0 Å². The monoisotopic (exact) mass is 388 g/mol. The van der Waals surface area contributed by atoms with Gasteiger partial charge in [-0.2, -0.15) is 0 Å². The molecule has 0 aromatic carbocycles. The molecule has 2 bridgehead atoms. The van der Waals surface area contributed by atoms with Crippen LogP contribution in [0.4, 0.5) is 5.00 Å². The van der Waals surface area contributed by atoms with Crippen molar-refractivity contribution < 1.29 is 24.2 Å². The maximum absolute atomic E-state index is 13.0. The molecule has 6 nitrogen and oxygen atoms in total. The van der Waals surface area contributed by atoms with Crippen LogP contribution in [-0.2, 0) is 27.2 Å². The molecule has 0 spiro atoms. The van der Waals surface area contributed by atoms with E-state index in [4.69, 9.17) is 4.74 Å². The number of rotatable bonds is 4. The third-order valence-electron chi connectivity index (χ3n) is 6.08. The van der Waals surface area contributed by atoms with Crippen molar-refractivity contribution in [2.75, 3.05) is 12.4 Å². The van der Waals surface area contributed by atoms with Crippen LogP contribution in [0.2, 0.25) is 0 Å². The van der Waals surface area contributed by atoms with Gasteiger partial charge in [-0.25, -0.2) is 4.79 Å². The number of carboxylic acid groups (broad SMARTS) is 1. The lowest BCUT2D eigenvalue weighted by Crippen LogP contribution is -2.42. The van der Waals surface area contributed by atoms with Crippen LogP contribution in [0, 0.1) is 23.7 Å². The molecule has 1 aromatic rings. The van der Waals surface area contributed by atoms with Gasteiger partial charge in [-0.3, -0.25) is 4.79 Å². The molecule has 4 atom stereocenters. The maximum atomic E-state index is 13.0. The van der Waals surface area contributed by atoms with Crippen LogP contribution >= 0.6 is 11.3 Å². The number of carbonyl (C=O) groups excluding carboxylic acids is 3. The molecule has 0 radical (unpaired) electrons. The first kappa shape index (κ1) is 18.2. The number of anilines is 1. The predicted molar refractivity (Wildman–Crippen MR) is 98.3 cm³/mol. The number of methoxy groups -OCH3 is 1. The van der Waals surface area contributed by atoms with Crippen LogP contribution in [-0.4, -0.2) is 25.0 Å². The number of hydrogen-bond donors (Lipinski definition) is 1. The van der Waals surface area contributed by atoms with E-state index in [0.717, 1.165) is 42.5 Å². The van der Waals surface area contributed by atoms with Gasteiger partial charge in [0, 0.05) is 16.8 Å². The highest BCUT2D eigenvalue weighted by molar-refractivity contribution is 7.17. The summed E-state index contributed by atoms with van der Waals surface area (Å²) in [5.74, 6) is -3.66. The van der Waals surface area contributed by atoms with Gasteiger partial charge >= 0.3 is 5.97 Å². The number of thiophene rings is 1. The van der Waals surface area contributed by atoms with Crippen molar-refractivity contribution in [2.45, 2.75) is 38.5 Å². The Bertz CT molecular complexity index is 827. The molecule has 7 heteroatoms. The van der Waals surface area contributed by atoms with Crippen molar-refractivity contribution >= 4 is 34.2 Å². The molecule has 3 aliphatic carbocycles. The number of esters is 1. The first-order valence-electron chi connectivity index (χ1n) is 9.44. The molecule has 4 rings (SSSR count). The quantitative estimate of drug-likeness (QED) is 0.483. The highest BCUT2D eigenvalue weighted by atomic mass is 32.1. The number of ether oxygens (including phenoxy) is 1. The fourth-order valence-electron chi connectivity index (χ4n) is 4.84. The summed E-state index contributed by atoms with van der Waals surface area (Å²) >= 11 is 1.42. The van der Waals surface area contributed by atoms with Crippen LogP contribution in [0.3, 0.4) is 0 Å². The molecule has 1 heterocycles. The van der Waals surface area contributed by atoms with Gasteiger partial charge < -0.3 is 20.0 Å². The van der Waals surface area contributed by atoms with E-state index in [9.17, 15) is 19.5 Å². The molecule has 0 aliphatic heterocycles. The van der Waals surface area contributed by atoms with Crippen molar-refractivity contribution in [3.63, 3.8) is 0 Å². The summed E-state index contributed by atoms with van der Waals surface area (Å²) < 4.78 is 4.96. The molecule has 0 unspecified atom stereocenters. The van der Waals surface area contributed by atoms with Crippen LogP contribution < -0.4 is 10.4 Å². The minimum Gasteiger partial charge on any atom is -0.550 e. The van der Waals surface area contributed by atoms with E-state index in [1.165, 1.54) is 18.4 Å². The van der Waals surface area contributed by atoms with Crippen molar-refractivity contribution in [1.82, 2.24) is 0 Å². The van der Waals surface area contributed by atoms with Gasteiger partial charge in [-0.15, -0.1) is 11.3 Å². The third kappa shape index (κ3) is 3.08. The number of amides is 1. The SMILES string of the molecule is COC(=O)c1c(NC(=O)[C@@H]2[C@@H](C(=O)[O-])[C@H]3C=C[C@H]2C3)sc2c1CCCCC2. The van der Waals surface area contributed by atoms with E-state index < -0.39 is 23.8 Å². The average molecular weight is 388 g/mol. The van der Waals surface area contributed by atoms with E-state index >= 15 is 0 Å². The van der Waals surface area contributed by atoms with Crippen LogP contribution in [0.25, 0.3) is 0 Å². The van der Waals surface area contributed by atoms with Crippen molar-refractivity contribution in [3.05, 3.63) is 28.2 Å². The summed E-state index contributed by atoms with van der Waals surface area (Å²) in [6, 6.07) is 0. The number of carboxylic acids is 1. The molecule has 0 saturated heterocycles. The molecule has 144 valence electrons. The third-order valence-corrected chi connectivity index (χ3v) is 7.29. The number of carbonyl (C=O) groups is 3. The minimum atomic E-state index is -1.18. The van der Waals surface area contributed by atoms with E-state index in [1.807, 2.05) is 12.2 Å². The number of allylic oxidation sites excluding steroid dienone is 2. The highest BCUT2D eigenvalue weighted by Crippen LogP contribution is 2.48. The van der Waals surface area contributed by atoms with Crippen molar-refractivity contribution in [2.24, 2.45) is 23.7 Å². The van der Waals surface area contributed by atoms with E-state index in [0.29, 0.717) is 17.0 Å². The normalized spacial score (nSPS) is 28.5.